The number of anilines is 1. The monoisotopic (exact) mass is 380 g/mol. The van der Waals surface area contributed by atoms with Crippen LogP contribution in [0.15, 0.2) is 30.3 Å². The zero-order valence-electron chi connectivity index (χ0n) is 16.5. The molecule has 6 nitrogen and oxygen atoms in total. The van der Waals surface area contributed by atoms with Crippen molar-refractivity contribution in [2.45, 2.75) is 45.1 Å². The lowest BCUT2D eigenvalue weighted by molar-refractivity contribution is 0.0930. The molecule has 148 valence electrons. The summed E-state index contributed by atoms with van der Waals surface area (Å²) in [5.74, 6) is 0.782. The molecule has 2 aromatic rings. The summed E-state index contributed by atoms with van der Waals surface area (Å²) < 4.78 is 5.32. The summed E-state index contributed by atoms with van der Waals surface area (Å²) in [5, 5.41) is 3.03. The van der Waals surface area contributed by atoms with Crippen LogP contribution in [-0.2, 0) is 11.2 Å². The molecular weight excluding hydrogens is 352 g/mol. The second-order valence-corrected chi connectivity index (χ2v) is 7.56. The van der Waals surface area contributed by atoms with Gasteiger partial charge in [0.25, 0.3) is 5.91 Å². The van der Waals surface area contributed by atoms with E-state index < -0.39 is 0 Å². The first kappa shape index (κ1) is 18.9. The molecule has 0 aliphatic carbocycles. The maximum atomic E-state index is 12.4. The summed E-state index contributed by atoms with van der Waals surface area (Å²) in [6, 6.07) is 9.86. The van der Waals surface area contributed by atoms with Crippen LogP contribution in [0.5, 0.6) is 0 Å². The number of hydrogen-bond acceptors (Lipinski definition) is 5. The Bertz CT molecular complexity index is 810. The lowest BCUT2D eigenvalue weighted by Crippen LogP contribution is -2.34. The van der Waals surface area contributed by atoms with Crippen LogP contribution >= 0.6 is 0 Å². The fourth-order valence-electron chi connectivity index (χ4n) is 3.76. The van der Waals surface area contributed by atoms with Crippen molar-refractivity contribution < 1.29 is 9.53 Å². The largest absolute Gasteiger partial charge is 0.379 e. The minimum Gasteiger partial charge on any atom is -0.379 e. The Morgan fingerprint density at radius 1 is 1.18 bits per heavy atom. The standard InChI is InChI=1S/C22H28N4O2/c1-2-18-14-20(25-22(24-18)26-11-4-3-5-12-26)16-6-8-17(9-7-16)21(27)23-19-10-13-28-15-19/h6-9,14,19H,2-5,10-13,15H2,1H3,(H,23,27)/t19-/m1/s1. The van der Waals surface area contributed by atoms with Gasteiger partial charge in [-0.25, -0.2) is 9.97 Å². The highest BCUT2D eigenvalue weighted by Crippen LogP contribution is 2.23. The van der Waals surface area contributed by atoms with Gasteiger partial charge >= 0.3 is 0 Å². The third-order valence-corrected chi connectivity index (χ3v) is 5.48. The number of aromatic nitrogens is 2. The van der Waals surface area contributed by atoms with Crippen molar-refractivity contribution in [2.75, 3.05) is 31.2 Å². The highest BCUT2D eigenvalue weighted by Gasteiger charge is 2.19. The minimum absolute atomic E-state index is 0.0482. The van der Waals surface area contributed by atoms with Crippen molar-refractivity contribution in [1.29, 1.82) is 0 Å². The first-order valence-corrected chi connectivity index (χ1v) is 10.3. The van der Waals surface area contributed by atoms with Crippen LogP contribution in [0.2, 0.25) is 0 Å². The average molecular weight is 380 g/mol. The smallest absolute Gasteiger partial charge is 0.251 e. The van der Waals surface area contributed by atoms with Crippen LogP contribution in [0.1, 0.15) is 48.7 Å². The average Bonchev–Trinajstić information content (AvgIpc) is 3.27. The molecule has 0 radical (unpaired) electrons. The van der Waals surface area contributed by atoms with Gasteiger partial charge in [-0.3, -0.25) is 4.79 Å². The maximum Gasteiger partial charge on any atom is 0.251 e. The summed E-state index contributed by atoms with van der Waals surface area (Å²) in [6.45, 7) is 5.49. The van der Waals surface area contributed by atoms with Crippen LogP contribution in [0.25, 0.3) is 11.3 Å². The number of carbonyl (C=O) groups excluding carboxylic acids is 1. The molecule has 0 bridgehead atoms. The highest BCUT2D eigenvalue weighted by molar-refractivity contribution is 5.94. The van der Waals surface area contributed by atoms with E-state index in [1.54, 1.807) is 0 Å². The van der Waals surface area contributed by atoms with Crippen molar-refractivity contribution in [1.82, 2.24) is 15.3 Å². The Balaban J connectivity index is 1.53. The quantitative estimate of drug-likeness (QED) is 0.863. The number of hydrogen-bond donors (Lipinski definition) is 1. The van der Waals surface area contributed by atoms with Crippen LogP contribution < -0.4 is 10.2 Å². The Kier molecular flexibility index (Phi) is 5.86. The van der Waals surface area contributed by atoms with Crippen LogP contribution in [0.3, 0.4) is 0 Å². The van der Waals surface area contributed by atoms with E-state index in [4.69, 9.17) is 14.7 Å². The van der Waals surface area contributed by atoms with Crippen molar-refractivity contribution in [3.8, 4) is 11.3 Å². The number of nitrogens with zero attached hydrogens (tertiary/aromatic N) is 3. The van der Waals surface area contributed by atoms with Gasteiger partial charge in [0.15, 0.2) is 0 Å². The van der Waals surface area contributed by atoms with E-state index >= 15 is 0 Å². The molecular formula is C22H28N4O2. The second-order valence-electron chi connectivity index (χ2n) is 7.56. The zero-order valence-corrected chi connectivity index (χ0v) is 16.5. The topological polar surface area (TPSA) is 67.3 Å². The van der Waals surface area contributed by atoms with Gasteiger partial charge in [-0.2, -0.15) is 0 Å². The van der Waals surface area contributed by atoms with E-state index in [0.717, 1.165) is 55.4 Å². The maximum absolute atomic E-state index is 12.4. The van der Waals surface area contributed by atoms with E-state index in [1.165, 1.54) is 19.3 Å². The highest BCUT2D eigenvalue weighted by atomic mass is 16.5. The van der Waals surface area contributed by atoms with Crippen LogP contribution in [0.4, 0.5) is 5.95 Å². The molecule has 3 heterocycles. The first-order chi connectivity index (χ1) is 13.7. The SMILES string of the molecule is CCc1cc(-c2ccc(C(=O)N[C@@H]3CCOC3)cc2)nc(N2CCCCC2)n1. The molecule has 2 fully saturated rings. The number of amides is 1. The third kappa shape index (κ3) is 4.33. The Labute approximate surface area is 166 Å². The van der Waals surface area contributed by atoms with Gasteiger partial charge in [-0.1, -0.05) is 19.1 Å². The fraction of sp³-hybridized carbons (Fsp3) is 0.500. The molecule has 1 amide bonds. The summed E-state index contributed by atoms with van der Waals surface area (Å²) >= 11 is 0. The van der Waals surface area contributed by atoms with E-state index in [9.17, 15) is 4.79 Å². The molecule has 4 rings (SSSR count). The molecule has 1 N–H and O–H groups in total. The second kappa shape index (κ2) is 8.69. The zero-order chi connectivity index (χ0) is 19.3. The van der Waals surface area contributed by atoms with E-state index in [0.29, 0.717) is 12.2 Å². The van der Waals surface area contributed by atoms with Gasteiger partial charge in [0.1, 0.15) is 0 Å². The van der Waals surface area contributed by atoms with Crippen molar-refractivity contribution >= 4 is 11.9 Å². The van der Waals surface area contributed by atoms with Gasteiger partial charge in [0.2, 0.25) is 5.95 Å². The Morgan fingerprint density at radius 2 is 1.96 bits per heavy atom. The van der Waals surface area contributed by atoms with Crippen LogP contribution in [-0.4, -0.2) is 48.2 Å². The molecule has 28 heavy (non-hydrogen) atoms. The normalized spacial score (nSPS) is 19.6. The van der Waals surface area contributed by atoms with Gasteiger partial charge < -0.3 is 15.0 Å². The van der Waals surface area contributed by atoms with Gasteiger partial charge in [0, 0.05) is 36.5 Å². The van der Waals surface area contributed by atoms with Gasteiger partial charge in [-0.05, 0) is 50.3 Å². The molecule has 0 saturated carbocycles. The van der Waals surface area contributed by atoms with E-state index in [2.05, 4.69) is 23.2 Å². The number of nitrogens with one attached hydrogen (secondary N) is 1. The lowest BCUT2D eigenvalue weighted by Gasteiger charge is -2.27. The fourth-order valence-corrected chi connectivity index (χ4v) is 3.76. The molecule has 0 unspecified atom stereocenters. The molecule has 0 spiro atoms. The predicted octanol–water partition coefficient (Wildman–Crippen LogP) is 3.22. The first-order valence-electron chi connectivity index (χ1n) is 10.3. The third-order valence-electron chi connectivity index (χ3n) is 5.48. The number of piperidine rings is 1. The lowest BCUT2D eigenvalue weighted by atomic mass is 10.1. The molecule has 2 saturated heterocycles. The van der Waals surface area contributed by atoms with Crippen molar-refractivity contribution in [3.63, 3.8) is 0 Å². The summed E-state index contributed by atoms with van der Waals surface area (Å²) in [4.78, 5) is 24.3. The van der Waals surface area contributed by atoms with Crippen LogP contribution in [0, 0.1) is 0 Å². The summed E-state index contributed by atoms with van der Waals surface area (Å²) in [6.07, 6.45) is 5.44. The molecule has 1 atom stereocenters. The van der Waals surface area contributed by atoms with E-state index in [-0.39, 0.29) is 11.9 Å². The number of benzene rings is 1. The number of rotatable bonds is 5. The van der Waals surface area contributed by atoms with Crippen molar-refractivity contribution in [3.05, 3.63) is 41.6 Å². The van der Waals surface area contributed by atoms with E-state index in [1.807, 2.05) is 24.3 Å². The molecule has 6 heteroatoms. The number of aryl methyl sites for hydroxylation is 1. The summed E-state index contributed by atoms with van der Waals surface area (Å²) in [7, 11) is 0. The van der Waals surface area contributed by atoms with Gasteiger partial charge in [-0.15, -0.1) is 0 Å². The molecule has 1 aromatic heterocycles. The Morgan fingerprint density at radius 3 is 2.64 bits per heavy atom. The van der Waals surface area contributed by atoms with Crippen molar-refractivity contribution in [2.24, 2.45) is 0 Å². The molecule has 2 aliphatic heterocycles. The van der Waals surface area contributed by atoms with Gasteiger partial charge in [0.05, 0.1) is 18.3 Å². The summed E-state index contributed by atoms with van der Waals surface area (Å²) in [5.41, 5.74) is 3.64. The predicted molar refractivity (Wildman–Crippen MR) is 110 cm³/mol. The minimum atomic E-state index is -0.0482. The Hall–Kier alpha value is -2.47. The molecule has 1 aromatic carbocycles. The number of ether oxygens (including phenoxy) is 1. The number of carbonyl (C=O) groups is 1. The molecule has 2 aliphatic rings.